The van der Waals surface area contributed by atoms with Crippen LogP contribution < -0.4 is 4.74 Å². The number of carboxylic acid groups (broad SMARTS) is 1. The highest BCUT2D eigenvalue weighted by molar-refractivity contribution is 5.85. The predicted molar refractivity (Wildman–Crippen MR) is 64.1 cm³/mol. The summed E-state index contributed by atoms with van der Waals surface area (Å²) in [5.74, 6) is -0.270. The number of carboxylic acids is 1. The molecular formula is C13H16O4. The van der Waals surface area contributed by atoms with Crippen LogP contribution in [0.2, 0.25) is 0 Å². The maximum Gasteiger partial charge on any atom is 0.331 e. The zero-order chi connectivity index (χ0) is 12.7. The molecule has 0 aliphatic heterocycles. The molecule has 0 aliphatic rings. The lowest BCUT2D eigenvalue weighted by molar-refractivity contribution is -0.132. The Morgan fingerprint density at radius 1 is 1.41 bits per heavy atom. The molecule has 1 aromatic carbocycles. The maximum absolute atomic E-state index is 10.6. The predicted octanol–water partition coefficient (Wildman–Crippen LogP) is 1.63. The molecule has 4 nitrogen and oxygen atoms in total. The van der Waals surface area contributed by atoms with Gasteiger partial charge in [0.2, 0.25) is 0 Å². The number of hydrogen-bond donors (Lipinski definition) is 2. The monoisotopic (exact) mass is 236 g/mol. The first-order chi connectivity index (χ1) is 8.15. The van der Waals surface area contributed by atoms with Crippen molar-refractivity contribution >= 4 is 5.97 Å². The van der Waals surface area contributed by atoms with E-state index in [4.69, 9.17) is 14.9 Å². The summed E-state index contributed by atoms with van der Waals surface area (Å²) in [6.07, 6.45) is 2.04. The fourth-order valence-electron chi connectivity index (χ4n) is 1.32. The van der Waals surface area contributed by atoms with Crippen molar-refractivity contribution in [3.63, 3.8) is 0 Å². The van der Waals surface area contributed by atoms with Crippen LogP contribution in [-0.4, -0.2) is 29.4 Å². The third kappa shape index (κ3) is 4.28. The molecule has 17 heavy (non-hydrogen) atoms. The van der Waals surface area contributed by atoms with Gasteiger partial charge in [-0.3, -0.25) is 0 Å². The van der Waals surface area contributed by atoms with Crippen molar-refractivity contribution in [1.82, 2.24) is 0 Å². The number of ether oxygens (including phenoxy) is 1. The molecule has 0 heterocycles. The van der Waals surface area contributed by atoms with Gasteiger partial charge in [-0.05, 0) is 31.1 Å². The summed E-state index contributed by atoms with van der Waals surface area (Å²) >= 11 is 0. The van der Waals surface area contributed by atoms with Crippen molar-refractivity contribution in [2.24, 2.45) is 0 Å². The second-order valence-corrected chi connectivity index (χ2v) is 3.58. The molecule has 0 unspecified atom stereocenters. The topological polar surface area (TPSA) is 66.8 Å². The molecule has 0 saturated heterocycles. The van der Waals surface area contributed by atoms with E-state index >= 15 is 0 Å². The van der Waals surface area contributed by atoms with Crippen LogP contribution in [0.15, 0.2) is 35.9 Å². The van der Waals surface area contributed by atoms with Crippen LogP contribution in [0.3, 0.4) is 0 Å². The maximum atomic E-state index is 10.6. The molecule has 1 rings (SSSR count). The molecule has 0 aliphatic carbocycles. The highest BCUT2D eigenvalue weighted by Crippen LogP contribution is 2.18. The lowest BCUT2D eigenvalue weighted by atomic mass is 10.1. The van der Waals surface area contributed by atoms with Gasteiger partial charge in [0.1, 0.15) is 12.4 Å². The normalized spacial score (nSPS) is 11.3. The minimum absolute atomic E-state index is 0.0599. The van der Waals surface area contributed by atoms with E-state index in [0.717, 1.165) is 5.56 Å². The summed E-state index contributed by atoms with van der Waals surface area (Å²) in [5.41, 5.74) is 1.17. The number of carbonyl (C=O) groups is 1. The van der Waals surface area contributed by atoms with E-state index in [0.29, 0.717) is 12.2 Å². The van der Waals surface area contributed by atoms with Gasteiger partial charge in [-0.15, -0.1) is 0 Å². The van der Waals surface area contributed by atoms with Crippen molar-refractivity contribution in [1.29, 1.82) is 0 Å². The van der Waals surface area contributed by atoms with Gasteiger partial charge in [0.15, 0.2) is 0 Å². The van der Waals surface area contributed by atoms with E-state index in [1.165, 1.54) is 13.0 Å². The Morgan fingerprint density at radius 2 is 2.12 bits per heavy atom. The molecule has 0 saturated carbocycles. The smallest absolute Gasteiger partial charge is 0.331 e. The van der Waals surface area contributed by atoms with E-state index in [-0.39, 0.29) is 18.8 Å². The lowest BCUT2D eigenvalue weighted by Crippen LogP contribution is -2.02. The Labute approximate surface area is 100 Å². The van der Waals surface area contributed by atoms with Crippen molar-refractivity contribution in [3.05, 3.63) is 41.5 Å². The van der Waals surface area contributed by atoms with E-state index < -0.39 is 5.97 Å². The van der Waals surface area contributed by atoms with Gasteiger partial charge in [0.05, 0.1) is 0 Å². The average Bonchev–Trinajstić information content (AvgIpc) is 2.31. The molecule has 2 N–H and O–H groups in total. The lowest BCUT2D eigenvalue weighted by Gasteiger charge is -2.08. The standard InChI is InChI=1S/C13H16O4/c1-10(13(15)16)7-9-17-12-5-3-2-4-11(12)6-8-14/h2-5,7,14H,6,8-9H2,1H3,(H,15,16)/b10-7-. The van der Waals surface area contributed by atoms with Gasteiger partial charge in [-0.2, -0.15) is 0 Å². The largest absolute Gasteiger partial charge is 0.489 e. The zero-order valence-corrected chi connectivity index (χ0v) is 9.72. The molecule has 0 atom stereocenters. The molecule has 0 radical (unpaired) electrons. The fourth-order valence-corrected chi connectivity index (χ4v) is 1.32. The van der Waals surface area contributed by atoms with Crippen LogP contribution in [0.1, 0.15) is 12.5 Å². The van der Waals surface area contributed by atoms with Crippen LogP contribution in [0.5, 0.6) is 5.75 Å². The summed E-state index contributed by atoms with van der Waals surface area (Å²) in [6, 6.07) is 7.38. The Bertz CT molecular complexity index is 410. The van der Waals surface area contributed by atoms with Crippen molar-refractivity contribution in [3.8, 4) is 5.75 Å². The van der Waals surface area contributed by atoms with Crippen LogP contribution in [0.4, 0.5) is 0 Å². The Hall–Kier alpha value is -1.81. The van der Waals surface area contributed by atoms with Crippen LogP contribution in [0, 0.1) is 0 Å². The third-order valence-corrected chi connectivity index (χ3v) is 2.32. The highest BCUT2D eigenvalue weighted by Gasteiger charge is 2.02. The van der Waals surface area contributed by atoms with Gasteiger partial charge in [0.25, 0.3) is 0 Å². The Kier molecular flexibility index (Phi) is 5.23. The van der Waals surface area contributed by atoms with Crippen LogP contribution in [0.25, 0.3) is 0 Å². The van der Waals surface area contributed by atoms with Crippen molar-refractivity contribution in [2.75, 3.05) is 13.2 Å². The first kappa shape index (κ1) is 13.3. The van der Waals surface area contributed by atoms with E-state index in [1.54, 1.807) is 6.07 Å². The molecule has 0 spiro atoms. The Balaban J connectivity index is 2.63. The van der Waals surface area contributed by atoms with Crippen molar-refractivity contribution in [2.45, 2.75) is 13.3 Å². The number of benzene rings is 1. The van der Waals surface area contributed by atoms with Crippen LogP contribution >= 0.6 is 0 Å². The zero-order valence-electron chi connectivity index (χ0n) is 9.72. The summed E-state index contributed by atoms with van der Waals surface area (Å²) in [6.45, 7) is 1.79. The molecule has 0 fully saturated rings. The van der Waals surface area contributed by atoms with Gasteiger partial charge in [-0.1, -0.05) is 18.2 Å². The summed E-state index contributed by atoms with van der Waals surface area (Å²) < 4.78 is 5.46. The molecule has 4 heteroatoms. The highest BCUT2D eigenvalue weighted by atomic mass is 16.5. The summed E-state index contributed by atoms with van der Waals surface area (Å²) in [7, 11) is 0. The number of rotatable bonds is 6. The fraction of sp³-hybridized carbons (Fsp3) is 0.308. The minimum atomic E-state index is -0.947. The second kappa shape index (κ2) is 6.70. The third-order valence-electron chi connectivity index (χ3n) is 2.32. The molecule has 0 amide bonds. The molecule has 0 aromatic heterocycles. The SMILES string of the molecule is C/C(=C/COc1ccccc1CCO)C(=O)O. The quantitative estimate of drug-likeness (QED) is 0.737. The minimum Gasteiger partial charge on any atom is -0.489 e. The molecule has 1 aromatic rings. The summed E-state index contributed by atoms with van der Waals surface area (Å²) in [4.78, 5) is 10.6. The number of aliphatic hydroxyl groups excluding tert-OH is 1. The number of para-hydroxylation sites is 1. The Morgan fingerprint density at radius 3 is 2.76 bits per heavy atom. The van der Waals surface area contributed by atoms with Gasteiger partial charge in [-0.25, -0.2) is 4.79 Å². The number of hydrogen-bond acceptors (Lipinski definition) is 3. The second-order valence-electron chi connectivity index (χ2n) is 3.58. The first-order valence-corrected chi connectivity index (χ1v) is 5.36. The molecule has 92 valence electrons. The first-order valence-electron chi connectivity index (χ1n) is 5.36. The van der Waals surface area contributed by atoms with Gasteiger partial charge in [0, 0.05) is 12.2 Å². The summed E-state index contributed by atoms with van der Waals surface area (Å²) in [5, 5.41) is 17.5. The van der Waals surface area contributed by atoms with Crippen LogP contribution in [-0.2, 0) is 11.2 Å². The number of aliphatic hydroxyl groups is 1. The van der Waals surface area contributed by atoms with E-state index in [1.807, 2.05) is 18.2 Å². The van der Waals surface area contributed by atoms with Gasteiger partial charge >= 0.3 is 5.97 Å². The van der Waals surface area contributed by atoms with Crippen molar-refractivity contribution < 1.29 is 19.7 Å². The number of aliphatic carboxylic acids is 1. The van der Waals surface area contributed by atoms with E-state index in [2.05, 4.69) is 0 Å². The van der Waals surface area contributed by atoms with Gasteiger partial charge < -0.3 is 14.9 Å². The average molecular weight is 236 g/mol. The molecular weight excluding hydrogens is 220 g/mol. The van der Waals surface area contributed by atoms with E-state index in [9.17, 15) is 4.79 Å². The molecule has 0 bridgehead atoms.